The highest BCUT2D eigenvalue weighted by Gasteiger charge is 2.24. The molecular weight excluding hydrogens is 320 g/mol. The average Bonchev–Trinajstić information content (AvgIpc) is 3.08. The molecule has 138 valence electrons. The quantitative estimate of drug-likeness (QED) is 0.437. The van der Waals surface area contributed by atoms with E-state index in [9.17, 15) is 4.79 Å². The normalized spacial score (nSPS) is 22.9. The second kappa shape index (κ2) is 10.2. The molecule has 0 bridgehead atoms. The first kappa shape index (κ1) is 19.4. The lowest BCUT2D eigenvalue weighted by Gasteiger charge is -2.36. The zero-order valence-electron chi connectivity index (χ0n) is 15.5. The molecule has 0 aromatic rings. The van der Waals surface area contributed by atoms with Gasteiger partial charge in [0.1, 0.15) is 0 Å². The highest BCUT2D eigenvalue weighted by atomic mass is 32.2. The summed E-state index contributed by atoms with van der Waals surface area (Å²) < 4.78 is 0. The van der Waals surface area contributed by atoms with E-state index in [0.717, 1.165) is 31.3 Å². The molecule has 24 heavy (non-hydrogen) atoms. The first-order valence-corrected chi connectivity index (χ1v) is 10.5. The molecule has 1 atom stereocenters. The van der Waals surface area contributed by atoms with Crippen LogP contribution in [-0.2, 0) is 4.79 Å². The van der Waals surface area contributed by atoms with Crippen LogP contribution in [0, 0.1) is 11.8 Å². The topological polar surface area (TPSA) is 56.7 Å². The fourth-order valence-electron chi connectivity index (χ4n) is 3.53. The minimum absolute atomic E-state index is 0.202. The van der Waals surface area contributed by atoms with Crippen LogP contribution in [0.2, 0.25) is 0 Å². The lowest BCUT2D eigenvalue weighted by molar-refractivity contribution is -0.121. The third-order valence-electron chi connectivity index (χ3n) is 5.03. The van der Waals surface area contributed by atoms with Crippen LogP contribution in [0.3, 0.4) is 0 Å². The van der Waals surface area contributed by atoms with E-state index >= 15 is 0 Å². The summed E-state index contributed by atoms with van der Waals surface area (Å²) in [6.07, 6.45) is 5.74. The van der Waals surface area contributed by atoms with Crippen molar-refractivity contribution < 1.29 is 4.79 Å². The van der Waals surface area contributed by atoms with Crippen molar-refractivity contribution in [2.24, 2.45) is 16.8 Å². The predicted molar refractivity (Wildman–Crippen MR) is 104 cm³/mol. The maximum Gasteiger partial charge on any atom is 0.220 e. The zero-order chi connectivity index (χ0) is 17.4. The number of amides is 1. The van der Waals surface area contributed by atoms with E-state index in [2.05, 4.69) is 46.1 Å². The number of thioether (sulfide) groups is 1. The van der Waals surface area contributed by atoms with Gasteiger partial charge in [0.25, 0.3) is 0 Å². The Morgan fingerprint density at radius 2 is 1.96 bits per heavy atom. The summed E-state index contributed by atoms with van der Waals surface area (Å²) in [5.41, 5.74) is 0. The first-order chi connectivity index (χ1) is 11.6. The number of nitrogens with zero attached hydrogens (tertiary/aromatic N) is 2. The summed E-state index contributed by atoms with van der Waals surface area (Å²) in [5, 5.41) is 7.11. The van der Waals surface area contributed by atoms with Crippen molar-refractivity contribution in [2.45, 2.75) is 51.2 Å². The van der Waals surface area contributed by atoms with Gasteiger partial charge in [-0.1, -0.05) is 26.7 Å². The maximum atomic E-state index is 12.0. The van der Waals surface area contributed by atoms with E-state index in [4.69, 9.17) is 0 Å². The van der Waals surface area contributed by atoms with Gasteiger partial charge in [0.05, 0.1) is 0 Å². The van der Waals surface area contributed by atoms with Crippen molar-refractivity contribution in [2.75, 3.05) is 39.0 Å². The Kier molecular flexibility index (Phi) is 8.22. The standard InChI is InChI=1S/C18H34N4OS/c1-14(2)16-13-22(10-11-24-16)18(19-3)21-9-8-20-17(23)12-15-6-4-5-7-15/h14-16H,4-13H2,1-3H3,(H,19,21)(H,20,23). The van der Waals surface area contributed by atoms with Crippen molar-refractivity contribution in [3.05, 3.63) is 0 Å². The molecule has 5 nitrogen and oxygen atoms in total. The minimum Gasteiger partial charge on any atom is -0.354 e. The summed E-state index contributed by atoms with van der Waals surface area (Å²) in [4.78, 5) is 18.7. The van der Waals surface area contributed by atoms with Gasteiger partial charge < -0.3 is 15.5 Å². The molecular formula is C18H34N4OS. The second-order valence-electron chi connectivity index (χ2n) is 7.28. The highest BCUT2D eigenvalue weighted by molar-refractivity contribution is 8.00. The molecule has 1 saturated heterocycles. The molecule has 1 unspecified atom stereocenters. The SMILES string of the molecule is CN=C(NCCNC(=O)CC1CCCC1)N1CCSC(C(C)C)C1. The molecule has 1 saturated carbocycles. The van der Waals surface area contributed by atoms with E-state index in [1.807, 2.05) is 7.05 Å². The lowest BCUT2D eigenvalue weighted by Crippen LogP contribution is -2.50. The van der Waals surface area contributed by atoms with Crippen LogP contribution in [0.1, 0.15) is 46.0 Å². The summed E-state index contributed by atoms with van der Waals surface area (Å²) in [6, 6.07) is 0. The monoisotopic (exact) mass is 354 g/mol. The molecule has 1 heterocycles. The van der Waals surface area contributed by atoms with Crippen molar-refractivity contribution in [1.29, 1.82) is 0 Å². The van der Waals surface area contributed by atoms with Gasteiger partial charge in [-0.2, -0.15) is 11.8 Å². The van der Waals surface area contributed by atoms with Crippen LogP contribution in [0.4, 0.5) is 0 Å². The number of carbonyl (C=O) groups excluding carboxylic acids is 1. The Hall–Kier alpha value is -0.910. The van der Waals surface area contributed by atoms with Gasteiger partial charge in [0.2, 0.25) is 5.91 Å². The fraction of sp³-hybridized carbons (Fsp3) is 0.889. The largest absolute Gasteiger partial charge is 0.354 e. The van der Waals surface area contributed by atoms with Gasteiger partial charge in [-0.15, -0.1) is 0 Å². The Bertz CT molecular complexity index is 421. The molecule has 1 aliphatic heterocycles. The molecule has 2 rings (SSSR count). The third-order valence-corrected chi connectivity index (χ3v) is 6.57. The summed E-state index contributed by atoms with van der Waals surface area (Å²) >= 11 is 2.07. The van der Waals surface area contributed by atoms with Gasteiger partial charge >= 0.3 is 0 Å². The van der Waals surface area contributed by atoms with Crippen molar-refractivity contribution >= 4 is 23.6 Å². The first-order valence-electron chi connectivity index (χ1n) is 9.44. The highest BCUT2D eigenvalue weighted by Crippen LogP contribution is 2.27. The van der Waals surface area contributed by atoms with Crippen LogP contribution < -0.4 is 10.6 Å². The molecule has 2 N–H and O–H groups in total. The second-order valence-corrected chi connectivity index (χ2v) is 8.62. The molecule has 0 spiro atoms. The average molecular weight is 355 g/mol. The van der Waals surface area contributed by atoms with E-state index in [-0.39, 0.29) is 5.91 Å². The third kappa shape index (κ3) is 6.19. The van der Waals surface area contributed by atoms with Crippen molar-refractivity contribution in [3.63, 3.8) is 0 Å². The van der Waals surface area contributed by atoms with E-state index in [1.54, 1.807) is 0 Å². The minimum atomic E-state index is 0.202. The summed E-state index contributed by atoms with van der Waals surface area (Å²) in [7, 11) is 1.84. The Balaban J connectivity index is 1.65. The number of carbonyl (C=O) groups is 1. The molecule has 0 radical (unpaired) electrons. The van der Waals surface area contributed by atoms with Gasteiger partial charge in [-0.25, -0.2) is 0 Å². The number of aliphatic imine (C=N–C) groups is 1. The van der Waals surface area contributed by atoms with Gasteiger partial charge in [-0.05, 0) is 24.7 Å². The molecule has 2 aliphatic rings. The smallest absolute Gasteiger partial charge is 0.220 e. The van der Waals surface area contributed by atoms with E-state index in [0.29, 0.717) is 30.1 Å². The molecule has 0 aromatic carbocycles. The van der Waals surface area contributed by atoms with Crippen LogP contribution in [0.5, 0.6) is 0 Å². The van der Waals surface area contributed by atoms with Crippen LogP contribution in [0.25, 0.3) is 0 Å². The van der Waals surface area contributed by atoms with Gasteiger partial charge in [-0.3, -0.25) is 9.79 Å². The molecule has 0 aromatic heterocycles. The lowest BCUT2D eigenvalue weighted by atomic mass is 10.0. The van der Waals surface area contributed by atoms with Gasteiger partial charge in [0.15, 0.2) is 5.96 Å². The Morgan fingerprint density at radius 1 is 1.25 bits per heavy atom. The van der Waals surface area contributed by atoms with Crippen LogP contribution in [0.15, 0.2) is 4.99 Å². The number of guanidine groups is 1. The Labute approximate surface area is 151 Å². The number of nitrogens with one attached hydrogen (secondary N) is 2. The van der Waals surface area contributed by atoms with Crippen LogP contribution in [-0.4, -0.2) is 61.0 Å². The molecule has 2 fully saturated rings. The van der Waals surface area contributed by atoms with E-state index < -0.39 is 0 Å². The molecule has 1 aliphatic carbocycles. The van der Waals surface area contributed by atoms with Crippen LogP contribution >= 0.6 is 11.8 Å². The Morgan fingerprint density at radius 3 is 2.62 bits per heavy atom. The number of hydrogen-bond donors (Lipinski definition) is 2. The van der Waals surface area contributed by atoms with Gasteiger partial charge in [0, 0.05) is 50.7 Å². The summed E-state index contributed by atoms with van der Waals surface area (Å²) in [5.74, 6) is 3.62. The fourth-order valence-corrected chi connectivity index (χ4v) is 4.83. The van der Waals surface area contributed by atoms with Crippen molar-refractivity contribution in [3.8, 4) is 0 Å². The summed E-state index contributed by atoms with van der Waals surface area (Å²) in [6.45, 7) is 8.08. The van der Waals surface area contributed by atoms with E-state index in [1.165, 1.54) is 25.7 Å². The predicted octanol–water partition coefficient (Wildman–Crippen LogP) is 2.33. The maximum absolute atomic E-state index is 12.0. The molecule has 1 amide bonds. The number of hydrogen-bond acceptors (Lipinski definition) is 3. The number of rotatable bonds is 6. The zero-order valence-corrected chi connectivity index (χ0v) is 16.3. The molecule has 6 heteroatoms. The van der Waals surface area contributed by atoms with Crippen molar-refractivity contribution in [1.82, 2.24) is 15.5 Å².